The first-order valence-corrected chi connectivity index (χ1v) is 9.64. The fourth-order valence-corrected chi connectivity index (χ4v) is 4.23. The average molecular weight is 373 g/mol. The van der Waals surface area contributed by atoms with Crippen molar-refractivity contribution in [2.45, 2.75) is 44.7 Å². The van der Waals surface area contributed by atoms with Gasteiger partial charge in [-0.05, 0) is 30.9 Å². The second-order valence-corrected chi connectivity index (χ2v) is 7.85. The number of nitrogens with zero attached hydrogens (tertiary/aromatic N) is 1. The molecule has 3 N–H and O–H groups in total. The highest BCUT2D eigenvalue weighted by atomic mass is 16.2. The van der Waals surface area contributed by atoms with Crippen molar-refractivity contribution in [3.63, 3.8) is 0 Å². The van der Waals surface area contributed by atoms with E-state index in [0.29, 0.717) is 18.8 Å². The first-order valence-electron chi connectivity index (χ1n) is 9.64. The minimum atomic E-state index is -0.704. The Morgan fingerprint density at radius 2 is 2.00 bits per heavy atom. The monoisotopic (exact) mass is 373 g/mol. The summed E-state index contributed by atoms with van der Waals surface area (Å²) >= 11 is 0. The molecule has 27 heavy (non-hydrogen) atoms. The Morgan fingerprint density at radius 1 is 1.30 bits per heavy atom. The van der Waals surface area contributed by atoms with Crippen molar-refractivity contribution in [1.82, 2.24) is 15.5 Å². The lowest BCUT2D eigenvalue weighted by Gasteiger charge is -2.36. The van der Waals surface area contributed by atoms with E-state index in [1.165, 1.54) is 4.90 Å². The molecule has 1 aromatic rings. The van der Waals surface area contributed by atoms with Gasteiger partial charge in [0.05, 0.1) is 7.05 Å². The number of urea groups is 1. The van der Waals surface area contributed by atoms with Crippen LogP contribution in [0.4, 0.5) is 4.79 Å². The van der Waals surface area contributed by atoms with Gasteiger partial charge in [-0.2, -0.15) is 0 Å². The minimum absolute atomic E-state index is 0.0750. The number of carbonyl (C=O) groups excluding carboxylic acids is 3. The molecule has 7 nitrogen and oxygen atoms in total. The molecular formula is C20H29N4O3+. The Labute approximate surface area is 160 Å². The number of imide groups is 1. The van der Waals surface area contributed by atoms with Gasteiger partial charge in [-0.3, -0.25) is 9.59 Å². The van der Waals surface area contributed by atoms with Crippen molar-refractivity contribution < 1.29 is 19.3 Å². The molecule has 0 radical (unpaired) electrons. The Balaban J connectivity index is 1.64. The zero-order valence-electron chi connectivity index (χ0n) is 16.3. The molecule has 2 aliphatic rings. The highest BCUT2D eigenvalue weighted by Crippen LogP contribution is 2.37. The van der Waals surface area contributed by atoms with Gasteiger partial charge >= 0.3 is 6.03 Å². The van der Waals surface area contributed by atoms with Crippen molar-refractivity contribution in [2.24, 2.45) is 5.92 Å². The quantitative estimate of drug-likeness (QED) is 0.658. The topological polar surface area (TPSA) is 82.9 Å². The van der Waals surface area contributed by atoms with Gasteiger partial charge in [0.1, 0.15) is 12.1 Å². The summed E-state index contributed by atoms with van der Waals surface area (Å²) in [5, 5.41) is 5.59. The fourth-order valence-electron chi connectivity index (χ4n) is 4.23. The van der Waals surface area contributed by atoms with Gasteiger partial charge in [0.15, 0.2) is 6.67 Å². The minimum Gasteiger partial charge on any atom is -0.355 e. The zero-order chi connectivity index (χ0) is 19.6. The van der Waals surface area contributed by atoms with Crippen molar-refractivity contribution in [2.75, 3.05) is 20.8 Å². The first-order chi connectivity index (χ1) is 12.9. The fraction of sp³-hybridized carbons (Fsp3) is 0.550. The normalized spacial score (nSPS) is 26.2. The SMILES string of the molecule is CNC(=O)c1ccc(C[NH+](C)CN2C(=O)N[C@@]3(CCCC[C@@H]3C)C2=O)cc1. The van der Waals surface area contributed by atoms with E-state index in [2.05, 4.69) is 17.6 Å². The van der Waals surface area contributed by atoms with Crippen LogP contribution in [0.1, 0.15) is 48.5 Å². The molecule has 3 atom stereocenters. The molecule has 1 aliphatic heterocycles. The molecule has 3 rings (SSSR count). The van der Waals surface area contributed by atoms with Gasteiger partial charge in [0.2, 0.25) is 0 Å². The summed E-state index contributed by atoms with van der Waals surface area (Å²) < 4.78 is 0. The third-order valence-electron chi connectivity index (χ3n) is 5.88. The van der Waals surface area contributed by atoms with E-state index in [1.807, 2.05) is 19.2 Å². The number of benzene rings is 1. The van der Waals surface area contributed by atoms with Crippen molar-refractivity contribution >= 4 is 17.8 Å². The molecule has 2 fully saturated rings. The molecule has 0 bridgehead atoms. The third kappa shape index (κ3) is 3.69. The number of amides is 4. The smallest absolute Gasteiger partial charge is 0.329 e. The predicted molar refractivity (Wildman–Crippen MR) is 101 cm³/mol. The first kappa shape index (κ1) is 19.4. The summed E-state index contributed by atoms with van der Waals surface area (Å²) in [5.41, 5.74) is 0.958. The van der Waals surface area contributed by atoms with E-state index >= 15 is 0 Å². The van der Waals surface area contributed by atoms with Gasteiger partial charge in [0, 0.05) is 18.2 Å². The number of rotatable bonds is 5. The molecule has 1 aromatic carbocycles. The lowest BCUT2D eigenvalue weighted by molar-refractivity contribution is -0.901. The summed E-state index contributed by atoms with van der Waals surface area (Å²) in [5.74, 6) is -0.0206. The maximum atomic E-state index is 13.0. The third-order valence-corrected chi connectivity index (χ3v) is 5.88. The molecule has 1 aliphatic carbocycles. The lowest BCUT2D eigenvalue weighted by atomic mass is 9.73. The summed E-state index contributed by atoms with van der Waals surface area (Å²) in [7, 11) is 3.56. The van der Waals surface area contributed by atoms with Crippen LogP contribution in [0.2, 0.25) is 0 Å². The number of quaternary nitrogens is 1. The van der Waals surface area contributed by atoms with Gasteiger partial charge in [-0.25, -0.2) is 9.69 Å². The van der Waals surface area contributed by atoms with Crippen LogP contribution in [0.25, 0.3) is 0 Å². The van der Waals surface area contributed by atoms with Gasteiger partial charge in [-0.15, -0.1) is 0 Å². The molecule has 1 unspecified atom stereocenters. The summed E-state index contributed by atoms with van der Waals surface area (Å²) in [6.45, 7) is 3.05. The summed E-state index contributed by atoms with van der Waals surface area (Å²) in [6, 6.07) is 7.11. The molecule has 1 spiro atoms. The van der Waals surface area contributed by atoms with Crippen LogP contribution in [-0.2, 0) is 11.3 Å². The largest absolute Gasteiger partial charge is 0.355 e. The second-order valence-electron chi connectivity index (χ2n) is 7.85. The molecule has 1 heterocycles. The Hall–Kier alpha value is -2.41. The number of hydrogen-bond donors (Lipinski definition) is 3. The van der Waals surface area contributed by atoms with E-state index in [4.69, 9.17) is 0 Å². The molecule has 1 saturated heterocycles. The maximum absolute atomic E-state index is 13.0. The lowest BCUT2D eigenvalue weighted by Crippen LogP contribution is -3.09. The van der Waals surface area contributed by atoms with Crippen LogP contribution in [-0.4, -0.2) is 49.0 Å². The maximum Gasteiger partial charge on any atom is 0.329 e. The second kappa shape index (κ2) is 7.68. The highest BCUT2D eigenvalue weighted by Gasteiger charge is 2.55. The van der Waals surface area contributed by atoms with E-state index in [-0.39, 0.29) is 23.8 Å². The zero-order valence-corrected chi connectivity index (χ0v) is 16.3. The molecule has 0 aromatic heterocycles. The Morgan fingerprint density at radius 3 is 2.63 bits per heavy atom. The Kier molecular flexibility index (Phi) is 5.51. The predicted octanol–water partition coefficient (Wildman–Crippen LogP) is 0.519. The van der Waals surface area contributed by atoms with Crippen LogP contribution >= 0.6 is 0 Å². The Bertz CT molecular complexity index is 733. The van der Waals surface area contributed by atoms with E-state index < -0.39 is 5.54 Å². The molecular weight excluding hydrogens is 344 g/mol. The number of carbonyl (C=O) groups is 3. The van der Waals surface area contributed by atoms with Gasteiger partial charge in [0.25, 0.3) is 11.8 Å². The van der Waals surface area contributed by atoms with Crippen LogP contribution in [0.3, 0.4) is 0 Å². The van der Waals surface area contributed by atoms with E-state index in [0.717, 1.165) is 36.1 Å². The van der Waals surface area contributed by atoms with Crippen LogP contribution < -0.4 is 15.5 Å². The summed E-state index contributed by atoms with van der Waals surface area (Å²) in [6.07, 6.45) is 3.79. The van der Waals surface area contributed by atoms with Crippen LogP contribution in [0.5, 0.6) is 0 Å². The number of nitrogens with one attached hydrogen (secondary N) is 3. The van der Waals surface area contributed by atoms with Crippen molar-refractivity contribution in [1.29, 1.82) is 0 Å². The van der Waals surface area contributed by atoms with Gasteiger partial charge in [-0.1, -0.05) is 31.9 Å². The standard InChI is InChI=1S/C20H28N4O3/c1-14-6-4-5-11-20(14)18(26)24(19(27)22-20)13-23(3)12-15-7-9-16(10-8-15)17(25)21-2/h7-10,14H,4-6,11-13H2,1-3H3,(H,21,25)(H,22,27)/p+1/t14-,20+/m0/s1. The summed E-state index contributed by atoms with van der Waals surface area (Å²) in [4.78, 5) is 39.5. The van der Waals surface area contributed by atoms with Crippen LogP contribution in [0.15, 0.2) is 24.3 Å². The molecule has 146 valence electrons. The van der Waals surface area contributed by atoms with E-state index in [1.54, 1.807) is 19.2 Å². The van der Waals surface area contributed by atoms with E-state index in [9.17, 15) is 14.4 Å². The highest BCUT2D eigenvalue weighted by molar-refractivity contribution is 6.07. The van der Waals surface area contributed by atoms with Gasteiger partial charge < -0.3 is 15.5 Å². The van der Waals surface area contributed by atoms with Crippen molar-refractivity contribution in [3.05, 3.63) is 35.4 Å². The molecule has 1 saturated carbocycles. The van der Waals surface area contributed by atoms with Crippen molar-refractivity contribution in [3.8, 4) is 0 Å². The molecule has 7 heteroatoms. The van der Waals surface area contributed by atoms with Crippen LogP contribution in [0, 0.1) is 5.92 Å². The average Bonchev–Trinajstić information content (AvgIpc) is 2.89. The number of hydrogen-bond acceptors (Lipinski definition) is 3. The molecule has 4 amide bonds.